The molecule has 2 N–H and O–H groups in total. The summed E-state index contributed by atoms with van der Waals surface area (Å²) in [7, 11) is 0. The van der Waals surface area contributed by atoms with Crippen molar-refractivity contribution < 1.29 is 35.9 Å². The second-order valence-electron chi connectivity index (χ2n) is 6.58. The number of alkyl halides is 6. The average Bonchev–Trinajstić information content (AvgIpc) is 3.44. The molecule has 1 aliphatic rings. The van der Waals surface area contributed by atoms with Crippen LogP contribution in [0.25, 0.3) is 0 Å². The minimum Gasteiger partial charge on any atom is -0.349 e. The van der Waals surface area contributed by atoms with Gasteiger partial charge in [-0.15, -0.1) is 0 Å². The van der Waals surface area contributed by atoms with E-state index in [9.17, 15) is 35.9 Å². The third kappa shape index (κ3) is 5.27. The van der Waals surface area contributed by atoms with Gasteiger partial charge in [-0.3, -0.25) is 9.59 Å². The normalized spacial score (nSPS) is 14.4. The van der Waals surface area contributed by atoms with Crippen LogP contribution in [0.5, 0.6) is 0 Å². The van der Waals surface area contributed by atoms with E-state index in [1.807, 2.05) is 0 Å². The van der Waals surface area contributed by atoms with Crippen molar-refractivity contribution in [1.82, 2.24) is 5.32 Å². The zero-order chi connectivity index (χ0) is 21.4. The van der Waals surface area contributed by atoms with Crippen molar-refractivity contribution in [3.63, 3.8) is 0 Å². The summed E-state index contributed by atoms with van der Waals surface area (Å²) < 4.78 is 77.6. The van der Waals surface area contributed by atoms with Crippen molar-refractivity contribution in [1.29, 1.82) is 0 Å². The summed E-state index contributed by atoms with van der Waals surface area (Å²) in [6, 6.07) is 6.27. The highest BCUT2D eigenvalue weighted by Crippen LogP contribution is 2.36. The summed E-state index contributed by atoms with van der Waals surface area (Å²) in [4.78, 5) is 24.3. The SMILES string of the molecule is O=C(Nc1cccc(C(=O)NC2CC2)c1)c1cc(C(F)(F)F)cc(C(F)(F)F)c1. The zero-order valence-electron chi connectivity index (χ0n) is 14.6. The monoisotopic (exact) mass is 416 g/mol. The molecule has 4 nitrogen and oxygen atoms in total. The molecule has 1 fully saturated rings. The predicted octanol–water partition coefficient (Wildman–Crippen LogP) is 4.87. The molecule has 2 aromatic carbocycles. The fourth-order valence-electron chi connectivity index (χ4n) is 2.52. The molecule has 29 heavy (non-hydrogen) atoms. The van der Waals surface area contributed by atoms with E-state index in [1.54, 1.807) is 0 Å². The number of hydrogen-bond acceptors (Lipinski definition) is 2. The topological polar surface area (TPSA) is 58.2 Å². The lowest BCUT2D eigenvalue weighted by molar-refractivity contribution is -0.143. The molecule has 0 atom stereocenters. The minimum atomic E-state index is -5.06. The summed E-state index contributed by atoms with van der Waals surface area (Å²) >= 11 is 0. The fourth-order valence-corrected chi connectivity index (χ4v) is 2.52. The Balaban J connectivity index is 1.86. The van der Waals surface area contributed by atoms with E-state index in [-0.39, 0.29) is 29.3 Å². The lowest BCUT2D eigenvalue weighted by atomic mass is 10.0. The van der Waals surface area contributed by atoms with Gasteiger partial charge in [0, 0.05) is 22.9 Å². The first-order chi connectivity index (χ1) is 13.4. The summed E-state index contributed by atoms with van der Waals surface area (Å²) in [6.45, 7) is 0. The highest BCUT2D eigenvalue weighted by atomic mass is 19.4. The van der Waals surface area contributed by atoms with E-state index >= 15 is 0 Å². The van der Waals surface area contributed by atoms with Gasteiger partial charge in [0.15, 0.2) is 0 Å². The largest absolute Gasteiger partial charge is 0.416 e. The Morgan fingerprint density at radius 2 is 1.38 bits per heavy atom. The minimum absolute atomic E-state index is 0.0559. The molecule has 154 valence electrons. The molecular formula is C19H14F6N2O2. The quantitative estimate of drug-likeness (QED) is 0.699. The molecule has 3 rings (SSSR count). The van der Waals surface area contributed by atoms with Gasteiger partial charge in [0.2, 0.25) is 0 Å². The van der Waals surface area contributed by atoms with Gasteiger partial charge in [0.25, 0.3) is 11.8 Å². The van der Waals surface area contributed by atoms with Gasteiger partial charge < -0.3 is 10.6 Å². The summed E-state index contributed by atoms with van der Waals surface area (Å²) in [5.74, 6) is -1.55. The van der Waals surface area contributed by atoms with Gasteiger partial charge in [0.05, 0.1) is 11.1 Å². The van der Waals surface area contributed by atoms with Crippen LogP contribution in [0, 0.1) is 0 Å². The molecule has 0 heterocycles. The molecule has 1 aliphatic carbocycles. The fraction of sp³-hybridized carbons (Fsp3) is 0.263. The lowest BCUT2D eigenvalue weighted by Crippen LogP contribution is -2.25. The Kier molecular flexibility index (Phi) is 5.29. The van der Waals surface area contributed by atoms with Crippen molar-refractivity contribution in [3.8, 4) is 0 Å². The van der Waals surface area contributed by atoms with Crippen LogP contribution >= 0.6 is 0 Å². The molecule has 10 heteroatoms. The number of carbonyl (C=O) groups excluding carboxylic acids is 2. The van der Waals surface area contributed by atoms with Crippen molar-refractivity contribution >= 4 is 17.5 Å². The summed E-state index contributed by atoms with van der Waals surface area (Å²) in [5.41, 5.74) is -3.72. The highest BCUT2D eigenvalue weighted by Gasteiger charge is 2.37. The molecule has 0 bridgehead atoms. The van der Waals surface area contributed by atoms with E-state index < -0.39 is 35.0 Å². The first-order valence-corrected chi connectivity index (χ1v) is 8.45. The number of anilines is 1. The Labute approximate surface area is 160 Å². The van der Waals surface area contributed by atoms with Crippen molar-refractivity contribution in [2.75, 3.05) is 5.32 Å². The Morgan fingerprint density at radius 1 is 0.793 bits per heavy atom. The maximum absolute atomic E-state index is 12.9. The maximum atomic E-state index is 12.9. The van der Waals surface area contributed by atoms with Crippen molar-refractivity contribution in [3.05, 3.63) is 64.7 Å². The van der Waals surface area contributed by atoms with Crippen molar-refractivity contribution in [2.24, 2.45) is 0 Å². The lowest BCUT2D eigenvalue weighted by Gasteiger charge is -2.14. The molecule has 0 spiro atoms. The second kappa shape index (κ2) is 7.41. The van der Waals surface area contributed by atoms with E-state index in [0.717, 1.165) is 12.8 Å². The van der Waals surface area contributed by atoms with Gasteiger partial charge in [-0.25, -0.2) is 0 Å². The molecule has 0 saturated heterocycles. The first kappa shape index (κ1) is 20.7. The van der Waals surface area contributed by atoms with Gasteiger partial charge >= 0.3 is 12.4 Å². The Bertz CT molecular complexity index is 916. The van der Waals surface area contributed by atoms with Gasteiger partial charge in [-0.2, -0.15) is 26.3 Å². The highest BCUT2D eigenvalue weighted by molar-refractivity contribution is 6.05. The number of hydrogen-bond donors (Lipinski definition) is 2. The van der Waals surface area contributed by atoms with Crippen LogP contribution in [-0.2, 0) is 12.4 Å². The van der Waals surface area contributed by atoms with Crippen molar-refractivity contribution in [2.45, 2.75) is 31.2 Å². The van der Waals surface area contributed by atoms with Gasteiger partial charge in [-0.05, 0) is 49.2 Å². The van der Waals surface area contributed by atoms with Crippen LogP contribution in [-0.4, -0.2) is 17.9 Å². The first-order valence-electron chi connectivity index (χ1n) is 8.45. The second-order valence-corrected chi connectivity index (χ2v) is 6.58. The average molecular weight is 416 g/mol. The molecule has 0 aromatic heterocycles. The van der Waals surface area contributed by atoms with Crippen LogP contribution in [0.2, 0.25) is 0 Å². The molecular weight excluding hydrogens is 402 g/mol. The van der Waals surface area contributed by atoms with Crippen LogP contribution < -0.4 is 10.6 Å². The van der Waals surface area contributed by atoms with E-state index in [1.165, 1.54) is 24.3 Å². The van der Waals surface area contributed by atoms with E-state index in [4.69, 9.17) is 0 Å². The molecule has 2 aromatic rings. The number of benzene rings is 2. The molecule has 2 amide bonds. The summed E-state index contributed by atoms with van der Waals surface area (Å²) in [6.07, 6.45) is -8.40. The standard InChI is InChI=1S/C19H14F6N2O2/c20-18(21,22)12-6-11(7-13(9-12)19(23,24)25)17(29)27-15-3-1-2-10(8-15)16(28)26-14-4-5-14/h1-3,6-9,14H,4-5H2,(H,26,28)(H,27,29). The number of nitrogens with one attached hydrogen (secondary N) is 2. The molecule has 0 unspecified atom stereocenters. The van der Waals surface area contributed by atoms with Crippen LogP contribution in [0.4, 0.5) is 32.0 Å². The Hall–Kier alpha value is -3.04. The smallest absolute Gasteiger partial charge is 0.349 e. The third-order valence-electron chi connectivity index (χ3n) is 4.15. The number of carbonyl (C=O) groups is 2. The Morgan fingerprint density at radius 3 is 1.90 bits per heavy atom. The molecule has 0 aliphatic heterocycles. The molecule has 1 saturated carbocycles. The van der Waals surface area contributed by atoms with Crippen LogP contribution in [0.1, 0.15) is 44.7 Å². The number of amides is 2. The van der Waals surface area contributed by atoms with Crippen LogP contribution in [0.15, 0.2) is 42.5 Å². The van der Waals surface area contributed by atoms with E-state index in [2.05, 4.69) is 10.6 Å². The predicted molar refractivity (Wildman–Crippen MR) is 91.3 cm³/mol. The maximum Gasteiger partial charge on any atom is 0.416 e. The summed E-state index contributed by atoms with van der Waals surface area (Å²) in [5, 5.41) is 4.96. The van der Waals surface area contributed by atoms with Crippen LogP contribution in [0.3, 0.4) is 0 Å². The molecule has 0 radical (unpaired) electrons. The number of halogens is 6. The van der Waals surface area contributed by atoms with Gasteiger partial charge in [0.1, 0.15) is 0 Å². The van der Waals surface area contributed by atoms with Gasteiger partial charge in [-0.1, -0.05) is 6.07 Å². The zero-order valence-corrected chi connectivity index (χ0v) is 14.6. The van der Waals surface area contributed by atoms with E-state index in [0.29, 0.717) is 12.1 Å². The third-order valence-corrected chi connectivity index (χ3v) is 4.15. The number of rotatable bonds is 4.